The number of hydrogen-bond acceptors (Lipinski definition) is 4. The summed E-state index contributed by atoms with van der Waals surface area (Å²) >= 11 is 0. The maximum Gasteiger partial charge on any atom is 0.273 e. The molecule has 3 aromatic rings. The maximum atomic E-state index is 12.2. The smallest absolute Gasteiger partial charge is 0.273 e. The predicted octanol–water partition coefficient (Wildman–Crippen LogP) is 3.09. The van der Waals surface area contributed by atoms with Crippen LogP contribution in [0.1, 0.15) is 47.4 Å². The Kier molecular flexibility index (Phi) is 5.89. The number of amides is 1. The fourth-order valence-electron chi connectivity index (χ4n) is 3.51. The molecule has 0 unspecified atom stereocenters. The van der Waals surface area contributed by atoms with E-state index in [9.17, 15) is 14.7 Å². The summed E-state index contributed by atoms with van der Waals surface area (Å²) in [5, 5.41) is 17.1. The van der Waals surface area contributed by atoms with Gasteiger partial charge in [-0.05, 0) is 11.1 Å². The van der Waals surface area contributed by atoms with Crippen LogP contribution in [-0.4, -0.2) is 27.3 Å². The summed E-state index contributed by atoms with van der Waals surface area (Å²) in [6.07, 6.45) is 1.05. The third kappa shape index (κ3) is 3.53. The molecule has 6 heteroatoms. The minimum Gasteiger partial charge on any atom is -0.502 e. The molecule has 1 aromatic heterocycles. The van der Waals surface area contributed by atoms with Crippen LogP contribution in [0, 0.1) is 0 Å². The normalized spacial score (nSPS) is 15.2. The molecule has 0 radical (unpaired) electrons. The van der Waals surface area contributed by atoms with E-state index in [2.05, 4.69) is 10.4 Å². The zero-order valence-electron chi connectivity index (χ0n) is 15.9. The summed E-state index contributed by atoms with van der Waals surface area (Å²) in [6.45, 7) is 4.34. The van der Waals surface area contributed by atoms with Crippen molar-refractivity contribution in [3.8, 4) is 5.75 Å². The molecule has 0 saturated carbocycles. The van der Waals surface area contributed by atoms with Gasteiger partial charge in [0.2, 0.25) is 5.43 Å². The van der Waals surface area contributed by atoms with E-state index in [-0.39, 0.29) is 17.7 Å². The second kappa shape index (κ2) is 8.52. The van der Waals surface area contributed by atoms with E-state index in [0.717, 1.165) is 17.3 Å². The topological polar surface area (TPSA) is 84.2 Å². The lowest BCUT2D eigenvalue weighted by Crippen LogP contribution is -2.44. The quantitative estimate of drug-likeness (QED) is 0.735. The Bertz CT molecular complexity index is 961. The van der Waals surface area contributed by atoms with Crippen LogP contribution in [-0.2, 0) is 0 Å². The van der Waals surface area contributed by atoms with E-state index in [1.165, 1.54) is 4.68 Å². The number of nitrogens with zero attached hydrogens (tertiary/aromatic N) is 2. The first-order valence-electron chi connectivity index (χ1n) is 9.35. The summed E-state index contributed by atoms with van der Waals surface area (Å²) < 4.78 is 1.47. The average molecular weight is 377 g/mol. The number of hydrogen-bond donors (Lipinski definition) is 2. The van der Waals surface area contributed by atoms with Gasteiger partial charge in [-0.1, -0.05) is 74.5 Å². The van der Waals surface area contributed by atoms with Crippen LogP contribution in [0.4, 0.5) is 0 Å². The molecule has 144 valence electrons. The second-order valence-corrected chi connectivity index (χ2v) is 6.23. The number of carbonyl (C=O) groups excluding carboxylic acids is 1. The van der Waals surface area contributed by atoms with Gasteiger partial charge >= 0.3 is 0 Å². The lowest BCUT2D eigenvalue weighted by molar-refractivity contribution is 0.0896. The molecule has 0 spiro atoms. The van der Waals surface area contributed by atoms with Gasteiger partial charge in [0.25, 0.3) is 5.91 Å². The van der Waals surface area contributed by atoms with E-state index in [1.807, 2.05) is 74.5 Å². The molecule has 2 heterocycles. The largest absolute Gasteiger partial charge is 0.502 e. The maximum absolute atomic E-state index is 12.2. The first kappa shape index (κ1) is 19.4. The molecule has 0 fully saturated rings. The molecule has 28 heavy (non-hydrogen) atoms. The summed E-state index contributed by atoms with van der Waals surface area (Å²) in [5.41, 5.74) is 1.37. The van der Waals surface area contributed by atoms with Crippen LogP contribution in [0.15, 0.2) is 71.7 Å². The summed E-state index contributed by atoms with van der Waals surface area (Å²) in [7, 11) is 0. The van der Waals surface area contributed by atoms with Gasteiger partial charge in [-0.15, -0.1) is 0 Å². The first-order valence-corrected chi connectivity index (χ1v) is 9.35. The third-order valence-corrected chi connectivity index (χ3v) is 4.69. The van der Waals surface area contributed by atoms with Gasteiger partial charge in [-0.2, -0.15) is 5.10 Å². The van der Waals surface area contributed by atoms with Crippen LogP contribution in [0.25, 0.3) is 0 Å². The Morgan fingerprint density at radius 2 is 1.54 bits per heavy atom. The molecule has 1 aliphatic heterocycles. The van der Waals surface area contributed by atoms with Crippen molar-refractivity contribution >= 4 is 5.91 Å². The van der Waals surface area contributed by atoms with Crippen molar-refractivity contribution in [3.05, 3.63) is 93.9 Å². The van der Waals surface area contributed by atoms with E-state index in [0.29, 0.717) is 6.54 Å². The number of aromatic hydroxyl groups is 1. The number of aromatic nitrogens is 2. The SMILES string of the molecule is CC.O=C1NC[C@H](C(c2ccccc2)c2ccccc2)n2ncc(=O)c(O)c21. The molecular weight excluding hydrogens is 354 g/mol. The van der Waals surface area contributed by atoms with Gasteiger partial charge in [0.1, 0.15) is 0 Å². The van der Waals surface area contributed by atoms with Crippen LogP contribution in [0.5, 0.6) is 5.75 Å². The highest BCUT2D eigenvalue weighted by Gasteiger charge is 2.35. The molecule has 4 rings (SSSR count). The van der Waals surface area contributed by atoms with Crippen molar-refractivity contribution in [2.75, 3.05) is 6.54 Å². The molecule has 0 aliphatic carbocycles. The Balaban J connectivity index is 0.00000109. The molecule has 0 saturated heterocycles. The van der Waals surface area contributed by atoms with Crippen LogP contribution >= 0.6 is 0 Å². The fourth-order valence-corrected chi connectivity index (χ4v) is 3.51. The Morgan fingerprint density at radius 3 is 2.07 bits per heavy atom. The third-order valence-electron chi connectivity index (χ3n) is 4.69. The van der Waals surface area contributed by atoms with Gasteiger partial charge in [0, 0.05) is 12.5 Å². The number of fused-ring (bicyclic) bond motifs is 1. The summed E-state index contributed by atoms with van der Waals surface area (Å²) in [5.74, 6) is -1.17. The highest BCUT2D eigenvalue weighted by Crippen LogP contribution is 2.37. The second-order valence-electron chi connectivity index (χ2n) is 6.23. The standard InChI is InChI=1S/C20H17N3O3.C2H6/c24-16-12-22-23-15(11-21-20(26)18(23)19(16)25)17(13-7-3-1-4-8-13)14-9-5-2-6-10-14;1-2/h1-10,12,15,17,25H,11H2,(H,21,26);1-2H3/t15-;/m1./s1. The van der Waals surface area contributed by atoms with Crippen molar-refractivity contribution in [2.24, 2.45) is 0 Å². The molecule has 1 amide bonds. The lowest BCUT2D eigenvalue weighted by Gasteiger charge is -2.34. The number of benzene rings is 2. The van der Waals surface area contributed by atoms with Crippen LogP contribution in [0.2, 0.25) is 0 Å². The van der Waals surface area contributed by atoms with Gasteiger partial charge in [0.05, 0.1) is 12.2 Å². The minimum absolute atomic E-state index is 0.0920. The van der Waals surface area contributed by atoms with Gasteiger partial charge < -0.3 is 10.4 Å². The van der Waals surface area contributed by atoms with Crippen molar-refractivity contribution in [1.29, 1.82) is 0 Å². The Hall–Kier alpha value is -3.41. The highest BCUT2D eigenvalue weighted by atomic mass is 16.3. The summed E-state index contributed by atoms with van der Waals surface area (Å²) in [4.78, 5) is 24.0. The molecule has 0 bridgehead atoms. The van der Waals surface area contributed by atoms with Gasteiger partial charge in [0.15, 0.2) is 11.4 Å². The molecule has 1 aliphatic rings. The molecule has 2 N–H and O–H groups in total. The Morgan fingerprint density at radius 1 is 1.00 bits per heavy atom. The lowest BCUT2D eigenvalue weighted by atomic mass is 9.84. The van der Waals surface area contributed by atoms with E-state index >= 15 is 0 Å². The molecule has 2 aromatic carbocycles. The predicted molar refractivity (Wildman–Crippen MR) is 108 cm³/mol. The van der Waals surface area contributed by atoms with Gasteiger partial charge in [-0.3, -0.25) is 14.3 Å². The zero-order valence-corrected chi connectivity index (χ0v) is 15.9. The van der Waals surface area contributed by atoms with Crippen molar-refractivity contribution in [1.82, 2.24) is 15.1 Å². The molecule has 1 atom stereocenters. The van der Waals surface area contributed by atoms with E-state index in [1.54, 1.807) is 0 Å². The average Bonchev–Trinajstić information content (AvgIpc) is 2.75. The number of nitrogens with one attached hydrogen (secondary N) is 1. The van der Waals surface area contributed by atoms with E-state index in [4.69, 9.17) is 0 Å². The molecule has 6 nitrogen and oxygen atoms in total. The van der Waals surface area contributed by atoms with Crippen molar-refractivity contribution in [3.63, 3.8) is 0 Å². The highest BCUT2D eigenvalue weighted by molar-refractivity contribution is 5.95. The van der Waals surface area contributed by atoms with Gasteiger partial charge in [-0.25, -0.2) is 0 Å². The Labute approximate surface area is 163 Å². The van der Waals surface area contributed by atoms with Crippen molar-refractivity contribution in [2.45, 2.75) is 25.8 Å². The zero-order chi connectivity index (χ0) is 20.1. The van der Waals surface area contributed by atoms with E-state index < -0.39 is 17.1 Å². The number of rotatable bonds is 3. The minimum atomic E-state index is -0.664. The fraction of sp³-hybridized carbons (Fsp3) is 0.227. The molecular formula is C22H23N3O3. The summed E-state index contributed by atoms with van der Waals surface area (Å²) in [6, 6.07) is 19.6. The number of carbonyl (C=O) groups is 1. The van der Waals surface area contributed by atoms with Crippen molar-refractivity contribution < 1.29 is 9.90 Å². The first-order chi connectivity index (χ1) is 13.7. The monoisotopic (exact) mass is 377 g/mol. The van der Waals surface area contributed by atoms with Crippen LogP contribution in [0.3, 0.4) is 0 Å². The van der Waals surface area contributed by atoms with Crippen LogP contribution < -0.4 is 10.7 Å².